The van der Waals surface area contributed by atoms with Crippen LogP contribution in [0.15, 0.2) is 23.9 Å². The molecule has 2 spiro atoms. The van der Waals surface area contributed by atoms with E-state index in [4.69, 9.17) is 5.73 Å². The van der Waals surface area contributed by atoms with Crippen molar-refractivity contribution in [3.63, 3.8) is 0 Å². The number of rotatable bonds is 12. The van der Waals surface area contributed by atoms with Crippen molar-refractivity contribution in [2.75, 3.05) is 13.1 Å². The molecule has 0 bridgehead atoms. The Bertz CT molecular complexity index is 1570. The van der Waals surface area contributed by atoms with Crippen molar-refractivity contribution in [1.82, 2.24) is 20.9 Å². The van der Waals surface area contributed by atoms with Crippen molar-refractivity contribution >= 4 is 35.3 Å². The maximum absolute atomic E-state index is 15.0. The van der Waals surface area contributed by atoms with Crippen molar-refractivity contribution in [2.24, 2.45) is 39.2 Å². The maximum Gasteiger partial charge on any atom is 0.287 e. The van der Waals surface area contributed by atoms with E-state index >= 15 is 4.79 Å². The van der Waals surface area contributed by atoms with Gasteiger partial charge in [0.1, 0.15) is 24.7 Å². The van der Waals surface area contributed by atoms with Crippen LogP contribution in [0.2, 0.25) is 0 Å². The quantitative estimate of drug-likeness (QED) is 0.149. The standard InChI is InChI=1S/C40H60N6O7/c1-37(2,3)31(44-35(51)29(25-14-7-6-8-15-25)43-33(49)26-16-10-19-45(53)22-26)36(52)46-23-40(38(4,5)39(40)17-11-18-39)21-28(46)34(50)42-27(30(47)32(41)48)20-24-12-9-13-24/h10,16,19,24-25,27-29,31,45H,6-9,11-15,17-18,20-23H2,1-5H3,(H2,41,48)(H,42,50)(H,43,49)(H,44,51)/t27?,28-,29-,31+,40+/m0/s1. The van der Waals surface area contributed by atoms with Gasteiger partial charge in [-0.05, 0) is 78.8 Å². The van der Waals surface area contributed by atoms with Crippen LogP contribution in [0.3, 0.4) is 0 Å². The Morgan fingerprint density at radius 1 is 0.943 bits per heavy atom. The molecule has 53 heavy (non-hydrogen) atoms. The van der Waals surface area contributed by atoms with Gasteiger partial charge in [-0.15, -0.1) is 0 Å². The minimum absolute atomic E-state index is 0.00312. The van der Waals surface area contributed by atoms with Gasteiger partial charge in [-0.1, -0.05) is 79.6 Å². The lowest BCUT2D eigenvalue weighted by Gasteiger charge is -2.38. The molecule has 292 valence electrons. The number of nitrogens with two attached hydrogens (primary N) is 1. The first-order chi connectivity index (χ1) is 24.9. The van der Waals surface area contributed by atoms with Crippen LogP contribution < -0.4 is 26.7 Å². The summed E-state index contributed by atoms with van der Waals surface area (Å²) in [6, 6.07) is -3.93. The molecule has 2 heterocycles. The Kier molecular flexibility index (Phi) is 10.8. The lowest BCUT2D eigenvalue weighted by Crippen LogP contribution is -3.03. The van der Waals surface area contributed by atoms with Gasteiger partial charge >= 0.3 is 0 Å². The molecule has 0 aromatic carbocycles. The topological polar surface area (TPSA) is 195 Å². The molecule has 5 amide bonds. The Morgan fingerprint density at radius 2 is 1.62 bits per heavy atom. The Balaban J connectivity index is 1.27. The number of allylic oxidation sites excluding steroid dienone is 2. The van der Waals surface area contributed by atoms with Gasteiger partial charge in [-0.3, -0.25) is 28.8 Å². The number of likely N-dealkylation sites (tertiary alicyclic amines) is 1. The molecule has 0 aromatic rings. The number of hydrogen-bond donors (Lipinski definition) is 5. The van der Waals surface area contributed by atoms with Gasteiger partial charge in [0, 0.05) is 12.0 Å². The normalized spacial score (nSPS) is 29.2. The second-order valence-corrected chi connectivity index (χ2v) is 18.5. The molecule has 0 radical (unpaired) electrons. The molecule has 6 atom stereocenters. The van der Waals surface area contributed by atoms with Crippen LogP contribution in [0.4, 0.5) is 0 Å². The first-order valence-corrected chi connectivity index (χ1v) is 19.9. The third-order valence-electron chi connectivity index (χ3n) is 14.4. The Hall–Kier alpha value is -3.58. The number of amides is 5. The Morgan fingerprint density at radius 3 is 2.15 bits per heavy atom. The molecular formula is C40H60N6O7. The molecule has 13 nitrogen and oxygen atoms in total. The van der Waals surface area contributed by atoms with Gasteiger partial charge in [-0.25, -0.2) is 0 Å². The highest BCUT2D eigenvalue weighted by atomic mass is 16.5. The summed E-state index contributed by atoms with van der Waals surface area (Å²) in [6.07, 6.45) is 15.6. The summed E-state index contributed by atoms with van der Waals surface area (Å²) < 4.78 is 0. The van der Waals surface area contributed by atoms with Crippen molar-refractivity contribution in [1.29, 1.82) is 0 Å². The van der Waals surface area contributed by atoms with E-state index in [1.54, 1.807) is 11.0 Å². The fourth-order valence-electron chi connectivity index (χ4n) is 10.7. The third kappa shape index (κ3) is 7.08. The van der Waals surface area contributed by atoms with Crippen LogP contribution in [0, 0.1) is 38.7 Å². The number of Topliss-reactive ketones (excluding diaryl/α,β-unsaturated/α-hetero) is 1. The van der Waals surface area contributed by atoms with Crippen LogP contribution in [-0.2, 0) is 28.8 Å². The summed E-state index contributed by atoms with van der Waals surface area (Å²) in [6.45, 7) is 10.3. The zero-order chi connectivity index (χ0) is 38.5. The van der Waals surface area contributed by atoms with E-state index in [2.05, 4.69) is 29.8 Å². The minimum Gasteiger partial charge on any atom is -0.629 e. The monoisotopic (exact) mass is 736 g/mol. The van der Waals surface area contributed by atoms with Crippen molar-refractivity contribution in [2.45, 2.75) is 142 Å². The predicted molar refractivity (Wildman–Crippen MR) is 197 cm³/mol. The molecule has 4 aliphatic carbocycles. The van der Waals surface area contributed by atoms with Crippen LogP contribution in [-0.4, -0.2) is 77.5 Å². The number of hydroxylamine groups is 2. The third-order valence-corrected chi connectivity index (χ3v) is 14.4. The summed E-state index contributed by atoms with van der Waals surface area (Å²) in [5, 5.41) is 20.7. The largest absolute Gasteiger partial charge is 0.629 e. The number of carbonyl (C=O) groups is 6. The van der Waals surface area contributed by atoms with E-state index in [0.29, 0.717) is 19.4 Å². The summed E-state index contributed by atoms with van der Waals surface area (Å²) in [7, 11) is 0. The summed E-state index contributed by atoms with van der Waals surface area (Å²) >= 11 is 0. The zero-order valence-electron chi connectivity index (χ0n) is 32.2. The number of carbonyl (C=O) groups excluding carboxylic acids is 6. The van der Waals surface area contributed by atoms with Gasteiger partial charge < -0.3 is 36.9 Å². The number of primary amides is 1. The second-order valence-electron chi connectivity index (χ2n) is 18.5. The summed E-state index contributed by atoms with van der Waals surface area (Å²) in [4.78, 5) is 83.8. The molecule has 2 unspecified atom stereocenters. The van der Waals surface area contributed by atoms with Gasteiger partial charge in [0.15, 0.2) is 0 Å². The maximum atomic E-state index is 15.0. The van der Waals surface area contributed by atoms with E-state index in [0.717, 1.165) is 70.6 Å². The fraction of sp³-hybridized carbons (Fsp3) is 0.750. The average molecular weight is 737 g/mol. The van der Waals surface area contributed by atoms with E-state index < -0.39 is 64.9 Å². The van der Waals surface area contributed by atoms with E-state index in [1.807, 2.05) is 20.8 Å². The number of quaternary nitrogens is 1. The highest BCUT2D eigenvalue weighted by molar-refractivity contribution is 6.37. The molecule has 1 saturated heterocycles. The smallest absolute Gasteiger partial charge is 0.287 e. The molecule has 13 heteroatoms. The van der Waals surface area contributed by atoms with Gasteiger partial charge in [0.05, 0.1) is 17.8 Å². The Labute approximate surface area is 313 Å². The summed E-state index contributed by atoms with van der Waals surface area (Å²) in [5.41, 5.74) is 4.50. The van der Waals surface area contributed by atoms with Gasteiger partial charge in [-0.2, -0.15) is 0 Å². The molecule has 4 saturated carbocycles. The highest BCUT2D eigenvalue weighted by Gasteiger charge is 2.85. The van der Waals surface area contributed by atoms with E-state index in [1.165, 1.54) is 12.3 Å². The number of ketones is 1. The van der Waals surface area contributed by atoms with Crippen LogP contribution in [0.1, 0.15) is 118 Å². The molecule has 6 N–H and O–H groups in total. The van der Waals surface area contributed by atoms with E-state index in [-0.39, 0.29) is 45.3 Å². The predicted octanol–water partition coefficient (Wildman–Crippen LogP) is 1.95. The molecular weight excluding hydrogens is 676 g/mol. The summed E-state index contributed by atoms with van der Waals surface area (Å²) in [5.74, 6) is -3.69. The lowest BCUT2D eigenvalue weighted by atomic mass is 9.73. The highest BCUT2D eigenvalue weighted by Crippen LogP contribution is 2.88. The molecule has 5 fully saturated rings. The first-order valence-electron chi connectivity index (χ1n) is 19.9. The molecule has 6 rings (SSSR count). The van der Waals surface area contributed by atoms with Crippen molar-refractivity contribution < 1.29 is 33.8 Å². The van der Waals surface area contributed by atoms with E-state index in [9.17, 15) is 29.2 Å². The van der Waals surface area contributed by atoms with Gasteiger partial charge in [0.2, 0.25) is 23.5 Å². The lowest BCUT2D eigenvalue weighted by molar-refractivity contribution is -0.785. The molecule has 0 aromatic heterocycles. The zero-order valence-corrected chi connectivity index (χ0v) is 32.2. The number of nitrogens with one attached hydrogen (secondary N) is 4. The van der Waals surface area contributed by atoms with Crippen LogP contribution in [0.25, 0.3) is 0 Å². The number of hydrogen-bond acceptors (Lipinski definition) is 7. The van der Waals surface area contributed by atoms with Gasteiger partial charge in [0.25, 0.3) is 11.8 Å². The van der Waals surface area contributed by atoms with Crippen LogP contribution >= 0.6 is 0 Å². The second kappa shape index (κ2) is 14.6. The SMILES string of the molecule is CC(C)(C)[C@H](NC(=O)[C@@H](NC(=O)C1=CC=C[NH+]([O-])C1)C1CCCCC1)C(=O)N1C[C@]2(C[C@H]1C(=O)NC(CC1CCC1)C(=O)C(N)=O)C(C)(C)C21CCC1. The molecule has 6 aliphatic rings. The average Bonchev–Trinajstić information content (AvgIpc) is 3.27. The van der Waals surface area contributed by atoms with Crippen molar-refractivity contribution in [3.05, 3.63) is 29.1 Å². The molecule has 2 aliphatic heterocycles. The number of nitrogens with zero attached hydrogens (tertiary/aromatic N) is 1. The first kappa shape index (κ1) is 39.1. The fourth-order valence-corrected chi connectivity index (χ4v) is 10.7. The number of fused-ring (bicyclic) bond motifs is 1. The minimum atomic E-state index is -1.10. The van der Waals surface area contributed by atoms with Crippen LogP contribution in [0.5, 0.6) is 0 Å². The van der Waals surface area contributed by atoms with Crippen molar-refractivity contribution in [3.8, 4) is 0 Å².